The Hall–Kier alpha value is -2.67. The van der Waals surface area contributed by atoms with E-state index in [1.54, 1.807) is 42.6 Å². The standard InChI is InChI=1S/C18H21N3O3S/c1-19-17(23)14-5-3-13(4-6-14)11-21(2)16(22)7-9-20-18(24)15-8-10-25-12-15/h3-6,8,10,12H,7,9,11H2,1-2H3,(H,19,23)(H,20,24). The summed E-state index contributed by atoms with van der Waals surface area (Å²) in [5, 5.41) is 8.91. The van der Waals surface area contributed by atoms with Crippen molar-refractivity contribution >= 4 is 29.1 Å². The summed E-state index contributed by atoms with van der Waals surface area (Å²) in [5.41, 5.74) is 2.13. The maximum Gasteiger partial charge on any atom is 0.252 e. The van der Waals surface area contributed by atoms with Crippen molar-refractivity contribution in [2.45, 2.75) is 13.0 Å². The lowest BCUT2D eigenvalue weighted by Gasteiger charge is -2.17. The molecule has 0 aliphatic heterocycles. The molecule has 132 valence electrons. The number of nitrogens with zero attached hydrogens (tertiary/aromatic N) is 1. The van der Waals surface area contributed by atoms with Crippen molar-refractivity contribution in [2.75, 3.05) is 20.6 Å². The fraction of sp³-hybridized carbons (Fsp3) is 0.278. The minimum atomic E-state index is -0.165. The van der Waals surface area contributed by atoms with Crippen LogP contribution >= 0.6 is 11.3 Å². The molecule has 2 rings (SSSR count). The number of hydrogen-bond acceptors (Lipinski definition) is 4. The maximum atomic E-state index is 12.1. The van der Waals surface area contributed by atoms with Crippen molar-refractivity contribution in [1.29, 1.82) is 0 Å². The maximum absolute atomic E-state index is 12.1. The van der Waals surface area contributed by atoms with Crippen LogP contribution in [0.2, 0.25) is 0 Å². The molecule has 6 nitrogen and oxygen atoms in total. The molecule has 0 aliphatic rings. The van der Waals surface area contributed by atoms with Gasteiger partial charge in [-0.1, -0.05) is 12.1 Å². The van der Waals surface area contributed by atoms with Crippen molar-refractivity contribution in [3.63, 3.8) is 0 Å². The van der Waals surface area contributed by atoms with E-state index in [0.717, 1.165) is 5.56 Å². The molecule has 0 unspecified atom stereocenters. The van der Waals surface area contributed by atoms with E-state index >= 15 is 0 Å². The summed E-state index contributed by atoms with van der Waals surface area (Å²) >= 11 is 1.46. The molecule has 0 bridgehead atoms. The Balaban J connectivity index is 1.78. The predicted molar refractivity (Wildman–Crippen MR) is 97.6 cm³/mol. The first-order valence-electron chi connectivity index (χ1n) is 7.86. The lowest BCUT2D eigenvalue weighted by molar-refractivity contribution is -0.130. The van der Waals surface area contributed by atoms with Crippen molar-refractivity contribution in [3.05, 3.63) is 57.8 Å². The highest BCUT2D eigenvalue weighted by molar-refractivity contribution is 7.08. The summed E-state index contributed by atoms with van der Waals surface area (Å²) < 4.78 is 0. The molecule has 0 atom stereocenters. The van der Waals surface area contributed by atoms with Crippen molar-refractivity contribution in [2.24, 2.45) is 0 Å². The molecule has 1 aromatic heterocycles. The Kier molecular flexibility index (Phi) is 6.71. The molecule has 7 heteroatoms. The lowest BCUT2D eigenvalue weighted by Crippen LogP contribution is -2.31. The Morgan fingerprint density at radius 1 is 1.04 bits per heavy atom. The third-order valence-corrected chi connectivity index (χ3v) is 4.38. The third-order valence-electron chi connectivity index (χ3n) is 3.70. The number of rotatable bonds is 7. The van der Waals surface area contributed by atoms with Crippen molar-refractivity contribution in [3.8, 4) is 0 Å². The molecular weight excluding hydrogens is 338 g/mol. The second kappa shape index (κ2) is 8.98. The van der Waals surface area contributed by atoms with Gasteiger partial charge in [0.05, 0.1) is 0 Å². The molecule has 2 N–H and O–H groups in total. The highest BCUT2D eigenvalue weighted by Gasteiger charge is 2.11. The topological polar surface area (TPSA) is 78.5 Å². The first-order valence-corrected chi connectivity index (χ1v) is 8.81. The summed E-state index contributed by atoms with van der Waals surface area (Å²) in [6, 6.07) is 8.86. The van der Waals surface area contributed by atoms with Crippen LogP contribution in [0.3, 0.4) is 0 Å². The molecule has 0 saturated carbocycles. The van der Waals surface area contributed by atoms with Crippen LogP contribution < -0.4 is 10.6 Å². The molecule has 2 aromatic rings. The monoisotopic (exact) mass is 359 g/mol. The van der Waals surface area contributed by atoms with Crippen molar-refractivity contribution in [1.82, 2.24) is 15.5 Å². The van der Waals surface area contributed by atoms with Gasteiger partial charge in [-0.3, -0.25) is 14.4 Å². The van der Waals surface area contributed by atoms with Gasteiger partial charge in [0.15, 0.2) is 0 Å². The minimum Gasteiger partial charge on any atom is -0.355 e. The highest BCUT2D eigenvalue weighted by atomic mass is 32.1. The Bertz CT molecular complexity index is 727. The molecule has 1 heterocycles. The van der Waals surface area contributed by atoms with Gasteiger partial charge in [0, 0.05) is 50.1 Å². The highest BCUT2D eigenvalue weighted by Crippen LogP contribution is 2.08. The first-order chi connectivity index (χ1) is 12.0. The van der Waals surface area contributed by atoms with Crippen LogP contribution in [0, 0.1) is 0 Å². The van der Waals surface area contributed by atoms with Gasteiger partial charge < -0.3 is 15.5 Å². The van der Waals surface area contributed by atoms with E-state index in [1.165, 1.54) is 11.3 Å². The molecule has 0 aliphatic carbocycles. The lowest BCUT2D eigenvalue weighted by atomic mass is 10.1. The van der Waals surface area contributed by atoms with Crippen LogP contribution in [0.25, 0.3) is 0 Å². The molecular formula is C18H21N3O3S. The van der Waals surface area contributed by atoms with E-state index in [-0.39, 0.29) is 24.1 Å². The van der Waals surface area contributed by atoms with Gasteiger partial charge in [0.25, 0.3) is 11.8 Å². The zero-order valence-electron chi connectivity index (χ0n) is 14.2. The van der Waals surface area contributed by atoms with E-state index in [9.17, 15) is 14.4 Å². The first kappa shape index (κ1) is 18.7. The van der Waals surface area contributed by atoms with Gasteiger partial charge in [-0.25, -0.2) is 0 Å². The van der Waals surface area contributed by atoms with E-state index in [2.05, 4.69) is 10.6 Å². The van der Waals surface area contributed by atoms with Gasteiger partial charge in [-0.15, -0.1) is 0 Å². The second-order valence-corrected chi connectivity index (χ2v) is 6.32. The number of amides is 3. The number of carbonyl (C=O) groups excluding carboxylic acids is 3. The van der Waals surface area contributed by atoms with Gasteiger partial charge in [0.1, 0.15) is 0 Å². The largest absolute Gasteiger partial charge is 0.355 e. The minimum absolute atomic E-state index is 0.0546. The quantitative estimate of drug-likeness (QED) is 0.792. The van der Waals surface area contributed by atoms with Crippen LogP contribution in [-0.2, 0) is 11.3 Å². The van der Waals surface area contributed by atoms with Gasteiger partial charge in [0.2, 0.25) is 5.91 Å². The van der Waals surface area contributed by atoms with Crippen LogP contribution in [-0.4, -0.2) is 43.3 Å². The summed E-state index contributed by atoms with van der Waals surface area (Å²) in [5.74, 6) is -0.361. The van der Waals surface area contributed by atoms with E-state index < -0.39 is 0 Å². The average Bonchev–Trinajstić information content (AvgIpc) is 3.16. The molecule has 0 fully saturated rings. The molecule has 1 aromatic carbocycles. The average molecular weight is 359 g/mol. The summed E-state index contributed by atoms with van der Waals surface area (Å²) in [4.78, 5) is 37.1. The molecule has 0 spiro atoms. The Morgan fingerprint density at radius 3 is 2.36 bits per heavy atom. The van der Waals surface area contributed by atoms with Gasteiger partial charge in [-0.2, -0.15) is 11.3 Å². The molecule has 3 amide bonds. The van der Waals surface area contributed by atoms with Gasteiger partial charge >= 0.3 is 0 Å². The number of carbonyl (C=O) groups is 3. The van der Waals surface area contributed by atoms with Crippen LogP contribution in [0.4, 0.5) is 0 Å². The normalized spacial score (nSPS) is 10.2. The van der Waals surface area contributed by atoms with Crippen LogP contribution in [0.1, 0.15) is 32.7 Å². The number of nitrogens with one attached hydrogen (secondary N) is 2. The number of benzene rings is 1. The predicted octanol–water partition coefficient (Wildman–Crippen LogP) is 1.89. The number of thiophene rings is 1. The van der Waals surface area contributed by atoms with Crippen LogP contribution in [0.15, 0.2) is 41.1 Å². The van der Waals surface area contributed by atoms with E-state index in [0.29, 0.717) is 24.2 Å². The number of hydrogen-bond donors (Lipinski definition) is 2. The smallest absolute Gasteiger partial charge is 0.252 e. The summed E-state index contributed by atoms with van der Waals surface area (Å²) in [6.45, 7) is 0.749. The van der Waals surface area contributed by atoms with Crippen LogP contribution in [0.5, 0.6) is 0 Å². The van der Waals surface area contributed by atoms with E-state index in [1.807, 2.05) is 17.5 Å². The zero-order valence-corrected chi connectivity index (χ0v) is 15.1. The summed E-state index contributed by atoms with van der Waals surface area (Å²) in [6.07, 6.45) is 0.239. The zero-order chi connectivity index (χ0) is 18.2. The SMILES string of the molecule is CNC(=O)c1ccc(CN(C)C(=O)CCNC(=O)c2ccsc2)cc1. The third kappa shape index (κ3) is 5.42. The Labute approximate surface area is 150 Å². The Morgan fingerprint density at radius 2 is 1.76 bits per heavy atom. The molecule has 0 radical (unpaired) electrons. The van der Waals surface area contributed by atoms with E-state index in [4.69, 9.17) is 0 Å². The second-order valence-electron chi connectivity index (χ2n) is 5.54. The van der Waals surface area contributed by atoms with Crippen molar-refractivity contribution < 1.29 is 14.4 Å². The van der Waals surface area contributed by atoms with Gasteiger partial charge in [-0.05, 0) is 29.1 Å². The summed E-state index contributed by atoms with van der Waals surface area (Å²) in [7, 11) is 3.30. The molecule has 0 saturated heterocycles. The fourth-order valence-corrected chi connectivity index (χ4v) is 2.87. The fourth-order valence-electron chi connectivity index (χ4n) is 2.24. The molecule has 25 heavy (non-hydrogen) atoms.